The Morgan fingerprint density at radius 2 is 1.37 bits per heavy atom. The first-order valence-electron chi connectivity index (χ1n) is 14.2. The Balaban J connectivity index is 0.000000782. The predicted octanol–water partition coefficient (Wildman–Crippen LogP) is 4.73. The van der Waals surface area contributed by atoms with Gasteiger partial charge >= 0.3 is 16.4 Å². The number of hydrogen-bond donors (Lipinski definition) is 3. The molecule has 2 heterocycles. The van der Waals surface area contributed by atoms with Gasteiger partial charge in [0.25, 0.3) is 0 Å². The molecule has 1 saturated heterocycles. The predicted molar refractivity (Wildman–Crippen MR) is 163 cm³/mol. The second kappa shape index (κ2) is 15.1. The zero-order valence-corrected chi connectivity index (χ0v) is 24.7. The molecule has 5 rings (SSSR count). The van der Waals surface area contributed by atoms with Crippen LogP contribution >= 0.6 is 0 Å². The van der Waals surface area contributed by atoms with Crippen molar-refractivity contribution >= 4 is 33.4 Å². The maximum atomic E-state index is 13.5. The topological polar surface area (TPSA) is 136 Å². The minimum atomic E-state index is -4.67. The van der Waals surface area contributed by atoms with Crippen LogP contribution in [-0.4, -0.2) is 75.8 Å². The Kier molecular flexibility index (Phi) is 11.2. The third-order valence-electron chi connectivity index (χ3n) is 7.34. The summed E-state index contributed by atoms with van der Waals surface area (Å²) in [6, 6.07) is 23.4. The molecule has 1 aromatic heterocycles. The second-order valence-corrected chi connectivity index (χ2v) is 11.5. The second-order valence-electron chi connectivity index (χ2n) is 10.6. The fraction of sp³-hybridized carbons (Fsp3) is 0.355. The lowest BCUT2D eigenvalue weighted by molar-refractivity contribution is -0.136. The molecule has 3 N–H and O–H groups in total. The molecule has 0 amide bonds. The van der Waals surface area contributed by atoms with Crippen LogP contribution in [0.1, 0.15) is 36.0 Å². The van der Waals surface area contributed by atoms with Crippen molar-refractivity contribution in [1.82, 2.24) is 14.5 Å². The lowest BCUT2D eigenvalue weighted by atomic mass is 10.1. The maximum absolute atomic E-state index is 13.5. The molecule has 0 radical (unpaired) electrons. The third-order valence-corrected chi connectivity index (χ3v) is 7.34. The molecule has 0 unspecified atom stereocenters. The summed E-state index contributed by atoms with van der Waals surface area (Å²) in [6.07, 6.45) is 3.88. The number of aliphatic carboxylic acids is 1. The first-order valence-corrected chi connectivity index (χ1v) is 15.6. The highest BCUT2D eigenvalue weighted by atomic mass is 32.3. The van der Waals surface area contributed by atoms with E-state index in [0.29, 0.717) is 13.0 Å². The smallest absolute Gasteiger partial charge is 0.394 e. The van der Waals surface area contributed by atoms with Crippen molar-refractivity contribution in [2.24, 2.45) is 0 Å². The molecule has 0 aliphatic carbocycles. The molecule has 0 bridgehead atoms. The number of aryl methyl sites for hydroxylation is 1. The van der Waals surface area contributed by atoms with Crippen LogP contribution in [0.5, 0.6) is 0 Å². The lowest BCUT2D eigenvalue weighted by Gasteiger charge is -2.31. The quantitative estimate of drug-likeness (QED) is 0.229. The minimum Gasteiger partial charge on any atom is -0.481 e. The molecule has 0 saturated carbocycles. The van der Waals surface area contributed by atoms with Gasteiger partial charge in [-0.1, -0.05) is 48.5 Å². The highest BCUT2D eigenvalue weighted by Gasteiger charge is 2.20. The van der Waals surface area contributed by atoms with Crippen molar-refractivity contribution < 1.29 is 31.8 Å². The summed E-state index contributed by atoms with van der Waals surface area (Å²) in [4.78, 5) is 20.8. The van der Waals surface area contributed by atoms with E-state index in [1.807, 2.05) is 24.3 Å². The molecule has 230 valence electrons. The van der Waals surface area contributed by atoms with Crippen molar-refractivity contribution in [3.05, 3.63) is 95.3 Å². The van der Waals surface area contributed by atoms with Gasteiger partial charge in [0.15, 0.2) is 0 Å². The Hall–Kier alpha value is -3.84. The Morgan fingerprint density at radius 1 is 0.814 bits per heavy atom. The van der Waals surface area contributed by atoms with Crippen LogP contribution in [0.4, 0.5) is 10.3 Å². The zero-order valence-electron chi connectivity index (χ0n) is 23.8. The monoisotopic (exact) mass is 612 g/mol. The number of benzene rings is 3. The van der Waals surface area contributed by atoms with Crippen molar-refractivity contribution in [2.45, 2.75) is 38.6 Å². The van der Waals surface area contributed by atoms with Crippen LogP contribution in [0.15, 0.2) is 72.8 Å². The van der Waals surface area contributed by atoms with E-state index in [0.717, 1.165) is 80.1 Å². The number of carbonyl (C=O) groups is 1. The summed E-state index contributed by atoms with van der Waals surface area (Å²) < 4.78 is 47.3. The fourth-order valence-electron chi connectivity index (χ4n) is 5.26. The lowest BCUT2D eigenvalue weighted by Crippen LogP contribution is -2.38. The molecular weight excluding hydrogens is 575 g/mol. The van der Waals surface area contributed by atoms with Crippen LogP contribution in [0.25, 0.3) is 11.0 Å². The molecule has 1 fully saturated rings. The Bertz CT molecular complexity index is 1580. The summed E-state index contributed by atoms with van der Waals surface area (Å²) in [5.74, 6) is 0.0207. The molecule has 0 atom stereocenters. The molecule has 1 aliphatic heterocycles. The largest absolute Gasteiger partial charge is 0.481 e. The van der Waals surface area contributed by atoms with E-state index in [1.165, 1.54) is 17.7 Å². The standard InChI is InChI=1S/C31H35FN4O2.H2O4S/c32-27-14-11-26(12-15-27)23-36-29-6-2-1-5-28(29)33-31(36)35-20-3-18-34(19-4-21-35)22-17-25-9-7-24(8-10-25)13-16-30(37)38;1-5(2,3)4/h1-2,5-12,14-15H,3-4,13,16-23H2,(H,37,38);(H2,1,2,3,4). The van der Waals surface area contributed by atoms with Crippen LogP contribution in [0.2, 0.25) is 0 Å². The molecule has 4 aromatic rings. The van der Waals surface area contributed by atoms with E-state index >= 15 is 0 Å². The highest BCUT2D eigenvalue weighted by Crippen LogP contribution is 2.25. The third kappa shape index (κ3) is 10.4. The van der Waals surface area contributed by atoms with Gasteiger partial charge in [0, 0.05) is 26.1 Å². The number of aromatic nitrogens is 2. The molecule has 0 spiro atoms. The summed E-state index contributed by atoms with van der Waals surface area (Å²) in [6.45, 7) is 5.67. The van der Waals surface area contributed by atoms with Crippen molar-refractivity contribution in [2.75, 3.05) is 37.6 Å². The normalized spacial score (nSPS) is 14.5. The van der Waals surface area contributed by atoms with Crippen LogP contribution in [0.3, 0.4) is 0 Å². The van der Waals surface area contributed by atoms with E-state index < -0.39 is 16.4 Å². The van der Waals surface area contributed by atoms with Gasteiger partial charge in [0.2, 0.25) is 5.95 Å². The van der Waals surface area contributed by atoms with Crippen LogP contribution < -0.4 is 4.90 Å². The van der Waals surface area contributed by atoms with Crippen molar-refractivity contribution in [1.29, 1.82) is 0 Å². The summed E-state index contributed by atoms with van der Waals surface area (Å²) >= 11 is 0. The van der Waals surface area contributed by atoms with E-state index in [-0.39, 0.29) is 12.2 Å². The Morgan fingerprint density at radius 3 is 1.98 bits per heavy atom. The van der Waals surface area contributed by atoms with E-state index in [9.17, 15) is 9.18 Å². The Labute approximate surface area is 251 Å². The van der Waals surface area contributed by atoms with Gasteiger partial charge in [-0.3, -0.25) is 13.9 Å². The molecule has 1 aliphatic rings. The van der Waals surface area contributed by atoms with Gasteiger partial charge in [-0.05, 0) is 79.7 Å². The number of hydrogen-bond acceptors (Lipinski definition) is 6. The van der Waals surface area contributed by atoms with E-state index in [2.05, 4.69) is 50.8 Å². The number of anilines is 1. The van der Waals surface area contributed by atoms with Gasteiger partial charge < -0.3 is 19.5 Å². The average molecular weight is 613 g/mol. The van der Waals surface area contributed by atoms with Gasteiger partial charge in [0.1, 0.15) is 5.82 Å². The molecule has 3 aromatic carbocycles. The van der Waals surface area contributed by atoms with Crippen molar-refractivity contribution in [3.8, 4) is 0 Å². The minimum absolute atomic E-state index is 0.173. The number of carboxylic acid groups (broad SMARTS) is 1. The fourth-order valence-corrected chi connectivity index (χ4v) is 5.26. The number of para-hydroxylation sites is 2. The molecule has 43 heavy (non-hydrogen) atoms. The summed E-state index contributed by atoms with van der Waals surface area (Å²) in [5, 5.41) is 8.87. The SMILES string of the molecule is O=C(O)CCc1ccc(CCN2CCCN(c3nc4ccccc4n3Cc3ccc(F)cc3)CCC2)cc1.O=S(=O)(O)O. The first-order chi connectivity index (χ1) is 20.5. The molecule has 12 heteroatoms. The van der Waals surface area contributed by atoms with Crippen LogP contribution in [0, 0.1) is 5.82 Å². The van der Waals surface area contributed by atoms with E-state index in [4.69, 9.17) is 27.6 Å². The molecular formula is C31H37FN4O6S. The molecule has 10 nitrogen and oxygen atoms in total. The number of carboxylic acids is 1. The van der Waals surface area contributed by atoms with Crippen molar-refractivity contribution in [3.63, 3.8) is 0 Å². The van der Waals surface area contributed by atoms with Gasteiger partial charge in [-0.25, -0.2) is 9.37 Å². The summed E-state index contributed by atoms with van der Waals surface area (Å²) in [5.41, 5.74) is 5.52. The maximum Gasteiger partial charge on any atom is 0.394 e. The average Bonchev–Trinajstić information content (AvgIpc) is 3.30. The van der Waals surface area contributed by atoms with Gasteiger partial charge in [-0.2, -0.15) is 8.42 Å². The zero-order chi connectivity index (χ0) is 30.8. The number of fused-ring (bicyclic) bond motifs is 1. The number of imidazole rings is 1. The first kappa shape index (κ1) is 32.1. The van der Waals surface area contributed by atoms with Crippen LogP contribution in [-0.2, 0) is 34.6 Å². The van der Waals surface area contributed by atoms with Gasteiger partial charge in [0.05, 0.1) is 17.6 Å². The summed E-state index contributed by atoms with van der Waals surface area (Å²) in [7, 11) is -4.67. The highest BCUT2D eigenvalue weighted by molar-refractivity contribution is 7.79. The number of rotatable bonds is 9. The number of halogens is 1. The number of nitrogens with zero attached hydrogens (tertiary/aromatic N) is 4. The van der Waals surface area contributed by atoms with E-state index in [1.54, 1.807) is 0 Å². The van der Waals surface area contributed by atoms with Gasteiger partial charge in [-0.15, -0.1) is 0 Å².